The van der Waals surface area contributed by atoms with Crippen LogP contribution in [0.2, 0.25) is 0 Å². The molecule has 0 saturated heterocycles. The predicted octanol–water partition coefficient (Wildman–Crippen LogP) is 1.43. The SMILES string of the molecule is CCC(C)(NCc1cccnc1OC)C(=O)O. The molecule has 5 nitrogen and oxygen atoms in total. The van der Waals surface area contributed by atoms with E-state index in [1.54, 1.807) is 26.3 Å². The summed E-state index contributed by atoms with van der Waals surface area (Å²) >= 11 is 0. The molecule has 0 fully saturated rings. The number of hydrogen-bond acceptors (Lipinski definition) is 4. The van der Waals surface area contributed by atoms with Gasteiger partial charge in [-0.15, -0.1) is 0 Å². The third kappa shape index (κ3) is 3.17. The van der Waals surface area contributed by atoms with Gasteiger partial charge in [0.1, 0.15) is 5.54 Å². The van der Waals surface area contributed by atoms with Crippen molar-refractivity contribution in [3.63, 3.8) is 0 Å². The number of nitrogens with zero attached hydrogens (tertiary/aromatic N) is 1. The molecule has 1 atom stereocenters. The summed E-state index contributed by atoms with van der Waals surface area (Å²) in [7, 11) is 1.54. The Morgan fingerprint density at radius 1 is 1.65 bits per heavy atom. The standard InChI is InChI=1S/C12H18N2O3/c1-4-12(2,11(15)16)14-8-9-6-5-7-13-10(9)17-3/h5-7,14H,4,8H2,1-3H3,(H,15,16). The Balaban J connectivity index is 2.76. The van der Waals surface area contributed by atoms with E-state index in [-0.39, 0.29) is 0 Å². The summed E-state index contributed by atoms with van der Waals surface area (Å²) < 4.78 is 5.11. The molecule has 1 aromatic heterocycles. The van der Waals surface area contributed by atoms with Crippen LogP contribution >= 0.6 is 0 Å². The number of carbonyl (C=O) groups is 1. The highest BCUT2D eigenvalue weighted by Gasteiger charge is 2.30. The van der Waals surface area contributed by atoms with E-state index in [0.29, 0.717) is 18.8 Å². The van der Waals surface area contributed by atoms with Crippen molar-refractivity contribution in [2.24, 2.45) is 0 Å². The first-order valence-electron chi connectivity index (χ1n) is 5.50. The van der Waals surface area contributed by atoms with Crippen LogP contribution in [-0.2, 0) is 11.3 Å². The molecule has 0 spiro atoms. The first kappa shape index (κ1) is 13.4. The molecule has 1 unspecified atom stereocenters. The highest BCUT2D eigenvalue weighted by Crippen LogP contribution is 2.16. The maximum Gasteiger partial charge on any atom is 0.323 e. The van der Waals surface area contributed by atoms with Crippen molar-refractivity contribution in [2.75, 3.05) is 7.11 Å². The Morgan fingerprint density at radius 3 is 2.88 bits per heavy atom. The summed E-state index contributed by atoms with van der Waals surface area (Å²) in [5, 5.41) is 12.1. The first-order chi connectivity index (χ1) is 8.03. The molecule has 0 radical (unpaired) electrons. The number of carboxylic acid groups (broad SMARTS) is 1. The van der Waals surface area contributed by atoms with Gasteiger partial charge in [0.25, 0.3) is 0 Å². The van der Waals surface area contributed by atoms with Gasteiger partial charge in [0.05, 0.1) is 7.11 Å². The number of ether oxygens (including phenoxy) is 1. The zero-order chi connectivity index (χ0) is 12.9. The Bertz CT molecular complexity index is 395. The first-order valence-corrected chi connectivity index (χ1v) is 5.50. The molecule has 0 aliphatic heterocycles. The molecule has 0 aromatic carbocycles. The third-order valence-electron chi connectivity index (χ3n) is 2.89. The summed E-state index contributed by atoms with van der Waals surface area (Å²) in [4.78, 5) is 15.2. The molecule has 0 aliphatic rings. The Hall–Kier alpha value is -1.62. The van der Waals surface area contributed by atoms with Crippen molar-refractivity contribution < 1.29 is 14.6 Å². The van der Waals surface area contributed by atoms with Crippen molar-refractivity contribution >= 4 is 5.97 Å². The van der Waals surface area contributed by atoms with E-state index in [1.165, 1.54) is 0 Å². The largest absolute Gasteiger partial charge is 0.481 e. The monoisotopic (exact) mass is 238 g/mol. The number of pyridine rings is 1. The molecule has 5 heteroatoms. The number of methoxy groups -OCH3 is 1. The molecular weight excluding hydrogens is 220 g/mol. The molecule has 1 heterocycles. The van der Waals surface area contributed by atoms with Crippen LogP contribution in [-0.4, -0.2) is 28.7 Å². The molecule has 2 N–H and O–H groups in total. The average Bonchev–Trinajstić information content (AvgIpc) is 2.36. The van der Waals surface area contributed by atoms with Gasteiger partial charge in [-0.1, -0.05) is 13.0 Å². The topological polar surface area (TPSA) is 71.5 Å². The molecule has 17 heavy (non-hydrogen) atoms. The van der Waals surface area contributed by atoms with Gasteiger partial charge < -0.3 is 9.84 Å². The van der Waals surface area contributed by atoms with Gasteiger partial charge in [-0.05, 0) is 19.4 Å². The quantitative estimate of drug-likeness (QED) is 0.784. The van der Waals surface area contributed by atoms with Crippen LogP contribution in [0.1, 0.15) is 25.8 Å². The van der Waals surface area contributed by atoms with Crippen molar-refractivity contribution in [1.82, 2.24) is 10.3 Å². The fourth-order valence-corrected chi connectivity index (χ4v) is 1.38. The van der Waals surface area contributed by atoms with Crippen LogP contribution in [0, 0.1) is 0 Å². The minimum atomic E-state index is -0.930. The second kappa shape index (κ2) is 5.63. The van der Waals surface area contributed by atoms with Gasteiger partial charge in [-0.3, -0.25) is 10.1 Å². The number of aromatic nitrogens is 1. The predicted molar refractivity (Wildman–Crippen MR) is 64.0 cm³/mol. The van der Waals surface area contributed by atoms with Crippen molar-refractivity contribution in [3.05, 3.63) is 23.9 Å². The fourth-order valence-electron chi connectivity index (χ4n) is 1.38. The lowest BCUT2D eigenvalue weighted by molar-refractivity contribution is -0.144. The lowest BCUT2D eigenvalue weighted by Crippen LogP contribution is -2.48. The van der Waals surface area contributed by atoms with Gasteiger partial charge in [0.15, 0.2) is 0 Å². The molecule has 94 valence electrons. The second-order valence-electron chi connectivity index (χ2n) is 4.02. The lowest BCUT2D eigenvalue weighted by atomic mass is 9.99. The van der Waals surface area contributed by atoms with Crippen LogP contribution in [0.15, 0.2) is 18.3 Å². The van der Waals surface area contributed by atoms with Gasteiger partial charge in [0, 0.05) is 18.3 Å². The Labute approximate surface area is 101 Å². The minimum Gasteiger partial charge on any atom is -0.481 e. The van der Waals surface area contributed by atoms with Crippen LogP contribution in [0.5, 0.6) is 5.88 Å². The average molecular weight is 238 g/mol. The lowest BCUT2D eigenvalue weighted by Gasteiger charge is -2.24. The molecule has 0 aliphatic carbocycles. The van der Waals surface area contributed by atoms with E-state index in [2.05, 4.69) is 10.3 Å². The summed E-state index contributed by atoms with van der Waals surface area (Å²) in [5.74, 6) is -0.341. The van der Waals surface area contributed by atoms with Crippen LogP contribution in [0.4, 0.5) is 0 Å². The smallest absolute Gasteiger partial charge is 0.323 e. The summed E-state index contributed by atoms with van der Waals surface area (Å²) in [6.07, 6.45) is 2.14. The molecular formula is C12H18N2O3. The maximum absolute atomic E-state index is 11.1. The summed E-state index contributed by atoms with van der Waals surface area (Å²) in [6.45, 7) is 3.91. The van der Waals surface area contributed by atoms with E-state index in [1.807, 2.05) is 13.0 Å². The van der Waals surface area contributed by atoms with Gasteiger partial charge in [-0.2, -0.15) is 0 Å². The number of rotatable bonds is 6. The maximum atomic E-state index is 11.1. The Kier molecular flexibility index (Phi) is 4.45. The molecule has 1 aromatic rings. The van der Waals surface area contributed by atoms with Crippen LogP contribution < -0.4 is 10.1 Å². The number of carboxylic acids is 1. The molecule has 0 saturated carbocycles. The zero-order valence-corrected chi connectivity index (χ0v) is 10.4. The number of nitrogens with one attached hydrogen (secondary N) is 1. The number of hydrogen-bond donors (Lipinski definition) is 2. The normalized spacial score (nSPS) is 14.1. The van der Waals surface area contributed by atoms with Crippen molar-refractivity contribution in [1.29, 1.82) is 0 Å². The van der Waals surface area contributed by atoms with E-state index in [9.17, 15) is 4.79 Å². The molecule has 0 amide bonds. The highest BCUT2D eigenvalue weighted by atomic mass is 16.5. The number of aliphatic carboxylic acids is 1. The minimum absolute atomic E-state index is 0.410. The Morgan fingerprint density at radius 2 is 2.35 bits per heavy atom. The zero-order valence-electron chi connectivity index (χ0n) is 10.4. The summed E-state index contributed by atoms with van der Waals surface area (Å²) in [5.41, 5.74) is -0.0863. The van der Waals surface area contributed by atoms with E-state index >= 15 is 0 Å². The van der Waals surface area contributed by atoms with E-state index in [0.717, 1.165) is 5.56 Å². The van der Waals surface area contributed by atoms with E-state index in [4.69, 9.17) is 9.84 Å². The third-order valence-corrected chi connectivity index (χ3v) is 2.89. The molecule has 0 bridgehead atoms. The van der Waals surface area contributed by atoms with Gasteiger partial charge in [0.2, 0.25) is 5.88 Å². The van der Waals surface area contributed by atoms with E-state index < -0.39 is 11.5 Å². The van der Waals surface area contributed by atoms with Crippen molar-refractivity contribution in [2.45, 2.75) is 32.4 Å². The van der Waals surface area contributed by atoms with Crippen LogP contribution in [0.3, 0.4) is 0 Å². The van der Waals surface area contributed by atoms with Gasteiger partial charge >= 0.3 is 5.97 Å². The second-order valence-corrected chi connectivity index (χ2v) is 4.02. The molecule has 1 rings (SSSR count). The summed E-state index contributed by atoms with van der Waals surface area (Å²) in [6, 6.07) is 3.65. The van der Waals surface area contributed by atoms with Crippen LogP contribution in [0.25, 0.3) is 0 Å². The van der Waals surface area contributed by atoms with Gasteiger partial charge in [-0.25, -0.2) is 4.98 Å². The highest BCUT2D eigenvalue weighted by molar-refractivity contribution is 5.78. The fraction of sp³-hybridized carbons (Fsp3) is 0.500. The van der Waals surface area contributed by atoms with Crippen molar-refractivity contribution in [3.8, 4) is 5.88 Å².